The molecular formula is C10H7F2NO. The van der Waals surface area contributed by atoms with Gasteiger partial charge in [-0.05, 0) is 17.7 Å². The van der Waals surface area contributed by atoms with Gasteiger partial charge < -0.3 is 4.74 Å². The molecule has 0 saturated carbocycles. The summed E-state index contributed by atoms with van der Waals surface area (Å²) >= 11 is 0. The fraction of sp³-hybridized carbons (Fsp3) is 0.100. The van der Waals surface area contributed by atoms with Crippen LogP contribution in [0.3, 0.4) is 0 Å². The molecule has 0 aliphatic heterocycles. The normalized spacial score (nSPS) is 9.57. The smallest absolute Gasteiger partial charge is 0.387 e. The molecule has 14 heavy (non-hydrogen) atoms. The molecule has 0 unspecified atom stereocenters. The van der Waals surface area contributed by atoms with E-state index in [9.17, 15) is 8.78 Å². The van der Waals surface area contributed by atoms with Gasteiger partial charge in [0.2, 0.25) is 0 Å². The first-order chi connectivity index (χ1) is 6.67. The minimum atomic E-state index is -2.93. The lowest BCUT2D eigenvalue weighted by atomic mass is 10.1. The highest BCUT2D eigenvalue weighted by Gasteiger charge is 2.09. The third-order valence-electron chi connectivity index (χ3n) is 1.58. The summed E-state index contributed by atoms with van der Waals surface area (Å²) in [7, 11) is 0. The zero-order valence-electron chi connectivity index (χ0n) is 7.21. The molecule has 0 aliphatic rings. The summed E-state index contributed by atoms with van der Waals surface area (Å²) < 4.78 is 28.0. The van der Waals surface area contributed by atoms with Gasteiger partial charge in [0, 0.05) is 0 Å². The standard InChI is InChI=1S/C10H7F2NO/c1-2-7-3-4-8(6-13)9(5-7)14-10(11)12/h2-5,10H,1H2. The summed E-state index contributed by atoms with van der Waals surface area (Å²) in [6.45, 7) is 0.552. The lowest BCUT2D eigenvalue weighted by Gasteiger charge is -2.06. The van der Waals surface area contributed by atoms with Crippen LogP contribution in [0.2, 0.25) is 0 Å². The van der Waals surface area contributed by atoms with E-state index in [0.717, 1.165) is 0 Å². The molecule has 1 rings (SSSR count). The van der Waals surface area contributed by atoms with Crippen LogP contribution in [0, 0.1) is 11.3 Å². The molecule has 0 fully saturated rings. The maximum absolute atomic E-state index is 11.9. The molecular weight excluding hydrogens is 188 g/mol. The molecule has 0 N–H and O–H groups in total. The molecule has 0 saturated heterocycles. The van der Waals surface area contributed by atoms with E-state index in [1.54, 1.807) is 12.1 Å². The Labute approximate surface area is 80.0 Å². The predicted molar refractivity (Wildman–Crippen MR) is 47.9 cm³/mol. The van der Waals surface area contributed by atoms with Crippen molar-refractivity contribution in [2.75, 3.05) is 0 Å². The molecule has 2 nitrogen and oxygen atoms in total. The van der Waals surface area contributed by atoms with E-state index in [0.29, 0.717) is 5.56 Å². The monoisotopic (exact) mass is 195 g/mol. The van der Waals surface area contributed by atoms with Gasteiger partial charge in [-0.3, -0.25) is 0 Å². The zero-order valence-corrected chi connectivity index (χ0v) is 7.21. The van der Waals surface area contributed by atoms with Crippen LogP contribution in [-0.2, 0) is 0 Å². The Kier molecular flexibility index (Phi) is 3.19. The summed E-state index contributed by atoms with van der Waals surface area (Å²) in [5, 5.41) is 8.59. The third-order valence-corrected chi connectivity index (χ3v) is 1.58. The van der Waals surface area contributed by atoms with Crippen LogP contribution < -0.4 is 4.74 Å². The molecule has 0 amide bonds. The maximum Gasteiger partial charge on any atom is 0.387 e. The number of nitriles is 1. The minimum absolute atomic E-state index is 0.0795. The lowest BCUT2D eigenvalue weighted by Crippen LogP contribution is -2.03. The number of benzene rings is 1. The van der Waals surface area contributed by atoms with E-state index >= 15 is 0 Å². The number of rotatable bonds is 3. The summed E-state index contributed by atoms with van der Waals surface area (Å²) in [6.07, 6.45) is 1.49. The van der Waals surface area contributed by atoms with Gasteiger partial charge in [-0.2, -0.15) is 14.0 Å². The molecule has 4 heteroatoms. The lowest BCUT2D eigenvalue weighted by molar-refractivity contribution is -0.0500. The van der Waals surface area contributed by atoms with Gasteiger partial charge >= 0.3 is 6.61 Å². The van der Waals surface area contributed by atoms with Crippen molar-refractivity contribution in [1.82, 2.24) is 0 Å². The fourth-order valence-corrected chi connectivity index (χ4v) is 0.952. The topological polar surface area (TPSA) is 33.0 Å². The van der Waals surface area contributed by atoms with Crippen LogP contribution in [0.4, 0.5) is 8.78 Å². The molecule has 0 spiro atoms. The van der Waals surface area contributed by atoms with Crippen LogP contribution in [0.15, 0.2) is 24.8 Å². The Morgan fingerprint density at radius 1 is 1.50 bits per heavy atom. The van der Waals surface area contributed by atoms with Crippen LogP contribution in [0.1, 0.15) is 11.1 Å². The summed E-state index contributed by atoms with van der Waals surface area (Å²) in [5.41, 5.74) is 0.704. The van der Waals surface area contributed by atoms with Crippen molar-refractivity contribution >= 4 is 6.08 Å². The summed E-state index contributed by atoms with van der Waals surface area (Å²) in [6, 6.07) is 6.12. The molecule has 0 bridgehead atoms. The average Bonchev–Trinajstić information content (AvgIpc) is 2.16. The summed E-state index contributed by atoms with van der Waals surface area (Å²) in [5.74, 6) is -0.125. The van der Waals surface area contributed by atoms with Crippen LogP contribution in [-0.4, -0.2) is 6.61 Å². The highest BCUT2D eigenvalue weighted by Crippen LogP contribution is 2.22. The second kappa shape index (κ2) is 4.38. The van der Waals surface area contributed by atoms with Crippen molar-refractivity contribution in [3.8, 4) is 11.8 Å². The number of hydrogen-bond donors (Lipinski definition) is 0. The molecule has 1 aromatic rings. The fourth-order valence-electron chi connectivity index (χ4n) is 0.952. The molecule has 0 aliphatic carbocycles. The first kappa shape index (κ1) is 10.2. The van der Waals surface area contributed by atoms with Crippen molar-refractivity contribution in [1.29, 1.82) is 5.26 Å². The van der Waals surface area contributed by atoms with E-state index in [4.69, 9.17) is 5.26 Å². The van der Waals surface area contributed by atoms with Crippen LogP contribution in [0.25, 0.3) is 6.08 Å². The van der Waals surface area contributed by atoms with Crippen molar-refractivity contribution in [3.05, 3.63) is 35.9 Å². The molecule has 0 aromatic heterocycles. The van der Waals surface area contributed by atoms with Crippen LogP contribution in [0.5, 0.6) is 5.75 Å². The Morgan fingerprint density at radius 3 is 2.71 bits per heavy atom. The van der Waals surface area contributed by atoms with Gasteiger partial charge in [0.05, 0.1) is 5.56 Å². The van der Waals surface area contributed by atoms with E-state index in [1.807, 2.05) is 0 Å². The Balaban J connectivity index is 3.09. The van der Waals surface area contributed by atoms with Gasteiger partial charge in [0.25, 0.3) is 0 Å². The van der Waals surface area contributed by atoms with E-state index in [1.165, 1.54) is 18.2 Å². The zero-order chi connectivity index (χ0) is 10.6. The number of hydrogen-bond acceptors (Lipinski definition) is 2. The van der Waals surface area contributed by atoms with Crippen molar-refractivity contribution in [2.24, 2.45) is 0 Å². The highest BCUT2D eigenvalue weighted by atomic mass is 19.3. The van der Waals surface area contributed by atoms with E-state index in [-0.39, 0.29) is 11.3 Å². The van der Waals surface area contributed by atoms with Crippen molar-refractivity contribution in [2.45, 2.75) is 6.61 Å². The molecule has 1 aromatic carbocycles. The highest BCUT2D eigenvalue weighted by molar-refractivity contribution is 5.55. The first-order valence-corrected chi connectivity index (χ1v) is 3.78. The van der Waals surface area contributed by atoms with Crippen molar-refractivity contribution in [3.63, 3.8) is 0 Å². The number of nitrogens with zero attached hydrogens (tertiary/aromatic N) is 1. The summed E-state index contributed by atoms with van der Waals surface area (Å²) in [4.78, 5) is 0. The largest absolute Gasteiger partial charge is 0.433 e. The quantitative estimate of drug-likeness (QED) is 0.742. The third kappa shape index (κ3) is 2.30. The average molecular weight is 195 g/mol. The van der Waals surface area contributed by atoms with Gasteiger partial charge in [-0.1, -0.05) is 18.7 Å². The number of halogens is 2. The van der Waals surface area contributed by atoms with E-state index < -0.39 is 6.61 Å². The molecule has 0 radical (unpaired) electrons. The Morgan fingerprint density at radius 2 is 2.21 bits per heavy atom. The Hall–Kier alpha value is -1.89. The minimum Gasteiger partial charge on any atom is -0.433 e. The molecule has 72 valence electrons. The SMILES string of the molecule is C=Cc1ccc(C#N)c(OC(F)F)c1. The second-order valence-corrected chi connectivity index (χ2v) is 2.45. The Bertz CT molecular complexity index is 382. The number of ether oxygens (including phenoxy) is 1. The first-order valence-electron chi connectivity index (χ1n) is 3.78. The van der Waals surface area contributed by atoms with Gasteiger partial charge in [0.15, 0.2) is 0 Å². The number of alkyl halides is 2. The molecule has 0 atom stereocenters. The van der Waals surface area contributed by atoms with Crippen molar-refractivity contribution < 1.29 is 13.5 Å². The molecule has 0 heterocycles. The second-order valence-electron chi connectivity index (χ2n) is 2.45. The van der Waals surface area contributed by atoms with Gasteiger partial charge in [-0.15, -0.1) is 0 Å². The van der Waals surface area contributed by atoms with E-state index in [2.05, 4.69) is 11.3 Å². The predicted octanol–water partition coefficient (Wildman–Crippen LogP) is 2.80. The maximum atomic E-state index is 11.9. The van der Waals surface area contributed by atoms with Gasteiger partial charge in [-0.25, -0.2) is 0 Å². The van der Waals surface area contributed by atoms with Crippen LogP contribution >= 0.6 is 0 Å². The van der Waals surface area contributed by atoms with Gasteiger partial charge in [0.1, 0.15) is 11.8 Å².